The Morgan fingerprint density at radius 2 is 2.04 bits per heavy atom. The fraction of sp³-hybridized carbons (Fsp3) is 0.714. The molecule has 0 aromatic carbocycles. The van der Waals surface area contributed by atoms with Gasteiger partial charge in [0, 0.05) is 44.5 Å². The Kier molecular flexibility index (Phi) is 7.88. The molecule has 0 bridgehead atoms. The first kappa shape index (κ1) is 20.7. The van der Waals surface area contributed by atoms with Crippen LogP contribution in [0.4, 0.5) is 4.79 Å². The van der Waals surface area contributed by atoms with Crippen LogP contribution in [0.25, 0.3) is 0 Å². The summed E-state index contributed by atoms with van der Waals surface area (Å²) in [6.07, 6.45) is 4.97. The van der Waals surface area contributed by atoms with Crippen molar-refractivity contribution in [1.82, 2.24) is 20.1 Å². The normalized spacial score (nSPS) is 17.3. The highest BCUT2D eigenvalue weighted by molar-refractivity contribution is 5.74. The molecule has 0 spiro atoms. The van der Waals surface area contributed by atoms with Crippen molar-refractivity contribution in [3.8, 4) is 0 Å². The van der Waals surface area contributed by atoms with E-state index in [1.54, 1.807) is 4.90 Å². The van der Waals surface area contributed by atoms with Crippen LogP contribution in [-0.4, -0.2) is 60.1 Å². The molecule has 1 fully saturated rings. The monoisotopic (exact) mass is 360 g/mol. The van der Waals surface area contributed by atoms with Gasteiger partial charge in [-0.25, -0.2) is 4.79 Å². The highest BCUT2D eigenvalue weighted by Crippen LogP contribution is 2.17. The third kappa shape index (κ3) is 6.60. The topological polar surface area (TPSA) is 48.5 Å². The standard InChI is InChI=1S/C21H36N4O/c1-16(2)15-25-10-7-19(8-11-25)14-23-21(26)24(5)18(4)13-20-12-17(3)6-9-22-20/h6,9,12,16,18-19H,7-8,10-11,13-15H2,1-5H3,(H,23,26)/t18-/m1/s1. The lowest BCUT2D eigenvalue weighted by Crippen LogP contribution is -2.46. The van der Waals surface area contributed by atoms with E-state index in [1.165, 1.54) is 24.9 Å². The Balaban J connectivity index is 1.72. The van der Waals surface area contributed by atoms with Crippen molar-refractivity contribution in [2.45, 2.75) is 53.0 Å². The van der Waals surface area contributed by atoms with Crippen molar-refractivity contribution in [3.05, 3.63) is 29.6 Å². The Hall–Kier alpha value is -1.62. The Morgan fingerprint density at radius 1 is 1.35 bits per heavy atom. The first-order chi connectivity index (χ1) is 12.3. The minimum Gasteiger partial charge on any atom is -0.338 e. The number of nitrogens with zero attached hydrogens (tertiary/aromatic N) is 3. The summed E-state index contributed by atoms with van der Waals surface area (Å²) in [6.45, 7) is 13.0. The summed E-state index contributed by atoms with van der Waals surface area (Å²) in [5, 5.41) is 3.13. The van der Waals surface area contributed by atoms with Gasteiger partial charge in [-0.3, -0.25) is 4.98 Å². The van der Waals surface area contributed by atoms with Gasteiger partial charge in [-0.1, -0.05) is 13.8 Å². The number of aromatic nitrogens is 1. The summed E-state index contributed by atoms with van der Waals surface area (Å²) in [7, 11) is 1.88. The lowest BCUT2D eigenvalue weighted by Gasteiger charge is -2.33. The third-order valence-electron chi connectivity index (χ3n) is 5.33. The molecule has 146 valence electrons. The van der Waals surface area contributed by atoms with Crippen LogP contribution < -0.4 is 5.32 Å². The van der Waals surface area contributed by atoms with Crippen molar-refractivity contribution in [1.29, 1.82) is 0 Å². The minimum absolute atomic E-state index is 0.0229. The molecule has 1 aliphatic rings. The molecule has 2 rings (SSSR count). The van der Waals surface area contributed by atoms with Crippen molar-refractivity contribution in [3.63, 3.8) is 0 Å². The van der Waals surface area contributed by atoms with E-state index in [2.05, 4.69) is 49.0 Å². The van der Waals surface area contributed by atoms with Gasteiger partial charge in [-0.15, -0.1) is 0 Å². The van der Waals surface area contributed by atoms with Crippen LogP contribution in [0, 0.1) is 18.8 Å². The molecule has 1 saturated heterocycles. The second kappa shape index (κ2) is 9.91. The summed E-state index contributed by atoms with van der Waals surface area (Å²) in [5.41, 5.74) is 2.24. The van der Waals surface area contributed by atoms with Crippen LogP contribution in [-0.2, 0) is 6.42 Å². The quantitative estimate of drug-likeness (QED) is 0.811. The van der Waals surface area contributed by atoms with Gasteiger partial charge < -0.3 is 15.1 Å². The average molecular weight is 361 g/mol. The first-order valence-electron chi connectivity index (χ1n) is 9.99. The lowest BCUT2D eigenvalue weighted by molar-refractivity contribution is 0.160. The molecule has 26 heavy (non-hydrogen) atoms. The molecular weight excluding hydrogens is 324 g/mol. The number of hydrogen-bond acceptors (Lipinski definition) is 3. The maximum Gasteiger partial charge on any atom is 0.317 e. The van der Waals surface area contributed by atoms with Gasteiger partial charge in [0.2, 0.25) is 0 Å². The number of urea groups is 1. The molecule has 1 aliphatic heterocycles. The third-order valence-corrected chi connectivity index (χ3v) is 5.33. The van der Waals surface area contributed by atoms with E-state index >= 15 is 0 Å². The van der Waals surface area contributed by atoms with E-state index in [9.17, 15) is 4.79 Å². The van der Waals surface area contributed by atoms with E-state index in [1.807, 2.05) is 19.3 Å². The number of amides is 2. The number of aryl methyl sites for hydroxylation is 1. The fourth-order valence-electron chi connectivity index (χ4n) is 3.60. The van der Waals surface area contributed by atoms with Crippen LogP contribution >= 0.6 is 0 Å². The molecule has 1 N–H and O–H groups in total. The number of likely N-dealkylation sites (N-methyl/N-ethyl adjacent to an activating group) is 1. The van der Waals surface area contributed by atoms with Crippen molar-refractivity contribution < 1.29 is 4.79 Å². The van der Waals surface area contributed by atoms with Crippen molar-refractivity contribution in [2.24, 2.45) is 11.8 Å². The number of hydrogen-bond donors (Lipinski definition) is 1. The van der Waals surface area contributed by atoms with Gasteiger partial charge in [-0.2, -0.15) is 0 Å². The summed E-state index contributed by atoms with van der Waals surface area (Å²) >= 11 is 0. The second-order valence-corrected chi connectivity index (χ2v) is 8.31. The smallest absolute Gasteiger partial charge is 0.317 e. The van der Waals surface area contributed by atoms with E-state index in [4.69, 9.17) is 0 Å². The summed E-state index contributed by atoms with van der Waals surface area (Å²) in [6, 6.07) is 4.23. The molecule has 1 atom stereocenters. The maximum absolute atomic E-state index is 12.5. The fourth-order valence-corrected chi connectivity index (χ4v) is 3.60. The van der Waals surface area contributed by atoms with Crippen LogP contribution in [0.5, 0.6) is 0 Å². The van der Waals surface area contributed by atoms with Gasteiger partial charge >= 0.3 is 6.03 Å². The van der Waals surface area contributed by atoms with Crippen LogP contribution in [0.15, 0.2) is 18.3 Å². The molecule has 0 radical (unpaired) electrons. The number of carbonyl (C=O) groups is 1. The number of likely N-dealkylation sites (tertiary alicyclic amines) is 1. The highest BCUT2D eigenvalue weighted by atomic mass is 16.2. The van der Waals surface area contributed by atoms with E-state index < -0.39 is 0 Å². The molecule has 2 heterocycles. The summed E-state index contributed by atoms with van der Waals surface area (Å²) in [5.74, 6) is 1.33. The van der Waals surface area contributed by atoms with Crippen LogP contribution in [0.1, 0.15) is 44.9 Å². The number of piperidine rings is 1. The minimum atomic E-state index is 0.0229. The largest absolute Gasteiger partial charge is 0.338 e. The average Bonchev–Trinajstić information content (AvgIpc) is 2.59. The molecule has 5 nitrogen and oxygen atoms in total. The van der Waals surface area contributed by atoms with Gasteiger partial charge in [0.05, 0.1) is 0 Å². The molecular formula is C21H36N4O. The number of pyridine rings is 1. The Labute approximate surface area is 159 Å². The zero-order valence-electron chi connectivity index (χ0n) is 17.2. The maximum atomic E-state index is 12.5. The van der Waals surface area contributed by atoms with E-state index in [0.29, 0.717) is 5.92 Å². The zero-order valence-corrected chi connectivity index (χ0v) is 17.2. The highest BCUT2D eigenvalue weighted by Gasteiger charge is 2.22. The second-order valence-electron chi connectivity index (χ2n) is 8.31. The number of carbonyl (C=O) groups excluding carboxylic acids is 1. The van der Waals surface area contributed by atoms with Gasteiger partial charge in [0.25, 0.3) is 0 Å². The summed E-state index contributed by atoms with van der Waals surface area (Å²) < 4.78 is 0. The van der Waals surface area contributed by atoms with E-state index in [-0.39, 0.29) is 12.1 Å². The molecule has 2 amide bonds. The SMILES string of the molecule is Cc1ccnc(C[C@@H](C)N(C)C(=O)NCC2CCN(CC(C)C)CC2)c1. The van der Waals surface area contributed by atoms with Crippen LogP contribution in [0.2, 0.25) is 0 Å². The molecule has 1 aromatic rings. The first-order valence-corrected chi connectivity index (χ1v) is 9.99. The predicted molar refractivity (Wildman–Crippen MR) is 107 cm³/mol. The van der Waals surface area contributed by atoms with Crippen LogP contribution in [0.3, 0.4) is 0 Å². The molecule has 0 unspecified atom stereocenters. The van der Waals surface area contributed by atoms with Crippen molar-refractivity contribution >= 4 is 6.03 Å². The predicted octanol–water partition coefficient (Wildman–Crippen LogP) is 3.33. The lowest BCUT2D eigenvalue weighted by atomic mass is 9.96. The molecule has 0 aliphatic carbocycles. The molecule has 0 saturated carbocycles. The number of nitrogens with one attached hydrogen (secondary N) is 1. The van der Waals surface area contributed by atoms with Gasteiger partial charge in [0.1, 0.15) is 0 Å². The van der Waals surface area contributed by atoms with Crippen molar-refractivity contribution in [2.75, 3.05) is 33.2 Å². The zero-order chi connectivity index (χ0) is 19.1. The molecule has 1 aromatic heterocycles. The van der Waals surface area contributed by atoms with E-state index in [0.717, 1.165) is 37.7 Å². The van der Waals surface area contributed by atoms with Gasteiger partial charge in [-0.05, 0) is 69.3 Å². The number of rotatable bonds is 7. The summed E-state index contributed by atoms with van der Waals surface area (Å²) in [4.78, 5) is 21.2. The molecule has 5 heteroatoms. The Bertz CT molecular complexity index is 567. The Morgan fingerprint density at radius 3 is 2.65 bits per heavy atom. The van der Waals surface area contributed by atoms with Gasteiger partial charge in [0.15, 0.2) is 0 Å².